The highest BCUT2D eigenvalue weighted by atomic mass is 32.1. The minimum Gasteiger partial charge on any atom is -0.403 e. The van der Waals surface area contributed by atoms with Crippen LogP contribution in [0.1, 0.15) is 12.0 Å². The van der Waals surface area contributed by atoms with E-state index in [9.17, 15) is 10.1 Å². The maximum absolute atomic E-state index is 12.4. The number of nitrogen functional groups attached to an aromatic ring is 1. The van der Waals surface area contributed by atoms with Crippen LogP contribution in [0.3, 0.4) is 0 Å². The minimum atomic E-state index is -0.624. The summed E-state index contributed by atoms with van der Waals surface area (Å²) in [6.07, 6.45) is 0.716. The van der Waals surface area contributed by atoms with E-state index >= 15 is 0 Å². The summed E-state index contributed by atoms with van der Waals surface area (Å²) < 4.78 is 10.8. The van der Waals surface area contributed by atoms with E-state index in [0.29, 0.717) is 25.5 Å². The Bertz CT molecular complexity index is 1060. The fourth-order valence-corrected chi connectivity index (χ4v) is 4.12. The molecule has 2 aromatic heterocycles. The van der Waals surface area contributed by atoms with Crippen molar-refractivity contribution >= 4 is 23.3 Å². The fraction of sp³-hybridized carbons (Fsp3) is 0.333. The first kappa shape index (κ1) is 21.0. The van der Waals surface area contributed by atoms with Crippen molar-refractivity contribution in [3.8, 4) is 28.0 Å². The SMILES string of the molecule is N#C[C@H](Cc1ccc(-c2csc(-c3nnc(N)o3)c2)cc1)NC(=O)[C@@H]1CNCCCO1. The quantitative estimate of drug-likeness (QED) is 0.531. The number of benzene rings is 1. The van der Waals surface area contributed by atoms with Crippen LogP contribution in [0.4, 0.5) is 6.01 Å². The number of nitrogens with two attached hydrogens (primary N) is 1. The van der Waals surface area contributed by atoms with Crippen molar-refractivity contribution < 1.29 is 13.9 Å². The van der Waals surface area contributed by atoms with Gasteiger partial charge in [-0.3, -0.25) is 4.79 Å². The number of anilines is 1. The zero-order valence-corrected chi connectivity index (χ0v) is 17.5. The lowest BCUT2D eigenvalue weighted by Crippen LogP contribution is -2.46. The van der Waals surface area contributed by atoms with E-state index in [2.05, 4.69) is 26.9 Å². The lowest BCUT2D eigenvalue weighted by molar-refractivity contribution is -0.132. The number of thiophene rings is 1. The summed E-state index contributed by atoms with van der Waals surface area (Å²) >= 11 is 1.49. The third-order valence-electron chi connectivity index (χ3n) is 4.89. The molecule has 2 atom stereocenters. The average Bonchev–Trinajstić information content (AvgIpc) is 3.35. The van der Waals surface area contributed by atoms with Gasteiger partial charge in [-0.2, -0.15) is 5.26 Å². The number of amides is 1. The standard InChI is InChI=1S/C21H22N6O3S/c22-10-16(25-19(28)17-11-24-6-1-7-29-17)8-13-2-4-14(5-3-13)15-9-18(31-12-15)20-26-27-21(23)30-20/h2-5,9,12,16-17,24H,1,6-8,11H2,(H2,23,27)(H,25,28)/t16-,17-/m0/s1. The van der Waals surface area contributed by atoms with Crippen LogP contribution in [-0.4, -0.2) is 47.9 Å². The Morgan fingerprint density at radius 2 is 2.19 bits per heavy atom. The van der Waals surface area contributed by atoms with E-state index in [1.165, 1.54) is 11.3 Å². The van der Waals surface area contributed by atoms with E-state index in [-0.39, 0.29) is 11.9 Å². The molecule has 3 heterocycles. The molecule has 0 saturated carbocycles. The number of nitrogens with zero attached hydrogens (tertiary/aromatic N) is 3. The molecular formula is C21H22N6O3S. The van der Waals surface area contributed by atoms with E-state index < -0.39 is 12.1 Å². The maximum Gasteiger partial charge on any atom is 0.313 e. The summed E-state index contributed by atoms with van der Waals surface area (Å²) in [6.45, 7) is 1.82. The Balaban J connectivity index is 1.38. The Kier molecular flexibility index (Phi) is 6.57. The molecule has 4 rings (SSSR count). The fourth-order valence-electron chi connectivity index (χ4n) is 3.28. The number of ether oxygens (including phenoxy) is 1. The molecule has 1 fully saturated rings. The number of carbonyl (C=O) groups excluding carboxylic acids is 1. The molecule has 0 aliphatic carbocycles. The Morgan fingerprint density at radius 1 is 1.35 bits per heavy atom. The molecule has 0 bridgehead atoms. The van der Waals surface area contributed by atoms with Crippen molar-refractivity contribution in [2.45, 2.75) is 25.0 Å². The van der Waals surface area contributed by atoms with Gasteiger partial charge in [0.05, 0.1) is 10.9 Å². The highest BCUT2D eigenvalue weighted by Crippen LogP contribution is 2.32. The first-order valence-electron chi connectivity index (χ1n) is 9.92. The Hall–Kier alpha value is -3.26. The van der Waals surface area contributed by atoms with Crippen LogP contribution in [0.5, 0.6) is 0 Å². The highest BCUT2D eigenvalue weighted by Gasteiger charge is 2.23. The van der Waals surface area contributed by atoms with Crippen molar-refractivity contribution in [2.75, 3.05) is 25.4 Å². The lowest BCUT2D eigenvalue weighted by Gasteiger charge is -2.18. The second-order valence-corrected chi connectivity index (χ2v) is 8.06. The monoisotopic (exact) mass is 438 g/mol. The minimum absolute atomic E-state index is 0.0373. The molecule has 10 heteroatoms. The molecule has 0 unspecified atom stereocenters. The first-order valence-corrected chi connectivity index (χ1v) is 10.8. The van der Waals surface area contributed by atoms with Crippen molar-refractivity contribution in [3.05, 3.63) is 41.3 Å². The number of nitriles is 1. The molecule has 9 nitrogen and oxygen atoms in total. The number of nitrogens with one attached hydrogen (secondary N) is 2. The molecular weight excluding hydrogens is 416 g/mol. The van der Waals surface area contributed by atoms with Crippen molar-refractivity contribution in [2.24, 2.45) is 0 Å². The molecule has 31 heavy (non-hydrogen) atoms. The molecule has 0 radical (unpaired) electrons. The third-order valence-corrected chi connectivity index (χ3v) is 5.81. The zero-order valence-electron chi connectivity index (χ0n) is 16.7. The summed E-state index contributed by atoms with van der Waals surface area (Å²) in [4.78, 5) is 13.3. The smallest absolute Gasteiger partial charge is 0.313 e. The Labute approximate surface area is 183 Å². The van der Waals surface area contributed by atoms with Gasteiger partial charge >= 0.3 is 6.01 Å². The van der Waals surface area contributed by atoms with Crippen LogP contribution in [0.25, 0.3) is 21.9 Å². The molecule has 0 spiro atoms. The van der Waals surface area contributed by atoms with Crippen molar-refractivity contribution in [3.63, 3.8) is 0 Å². The predicted molar refractivity (Wildman–Crippen MR) is 116 cm³/mol. The maximum atomic E-state index is 12.4. The van der Waals surface area contributed by atoms with Crippen LogP contribution in [0.15, 0.2) is 40.1 Å². The zero-order chi connectivity index (χ0) is 21.6. The van der Waals surface area contributed by atoms with Gasteiger partial charge in [-0.25, -0.2) is 0 Å². The number of hydrogen-bond acceptors (Lipinski definition) is 9. The number of carbonyl (C=O) groups is 1. The molecule has 1 amide bonds. The summed E-state index contributed by atoms with van der Waals surface area (Å²) in [5, 5.41) is 25.0. The second-order valence-electron chi connectivity index (χ2n) is 7.15. The average molecular weight is 439 g/mol. The van der Waals surface area contributed by atoms with E-state index in [1.54, 1.807) is 0 Å². The van der Waals surface area contributed by atoms with E-state index in [1.807, 2.05) is 35.7 Å². The van der Waals surface area contributed by atoms with Crippen molar-refractivity contribution in [1.29, 1.82) is 5.26 Å². The Morgan fingerprint density at radius 3 is 2.94 bits per heavy atom. The molecule has 1 aliphatic heterocycles. The van der Waals surface area contributed by atoms with Crippen LogP contribution < -0.4 is 16.4 Å². The number of rotatable bonds is 6. The van der Waals surface area contributed by atoms with Gasteiger partial charge in [-0.05, 0) is 41.1 Å². The molecule has 1 aliphatic rings. The predicted octanol–water partition coefficient (Wildman–Crippen LogP) is 1.98. The lowest BCUT2D eigenvalue weighted by atomic mass is 10.0. The van der Waals surface area contributed by atoms with E-state index in [0.717, 1.165) is 34.5 Å². The van der Waals surface area contributed by atoms with Gasteiger partial charge in [0, 0.05) is 19.6 Å². The topological polar surface area (TPSA) is 139 Å². The largest absolute Gasteiger partial charge is 0.403 e. The molecule has 3 aromatic rings. The summed E-state index contributed by atoms with van der Waals surface area (Å²) in [7, 11) is 0. The first-order chi connectivity index (χ1) is 15.1. The van der Waals surface area contributed by atoms with Crippen LogP contribution >= 0.6 is 11.3 Å². The summed E-state index contributed by atoms with van der Waals surface area (Å²) in [6, 6.07) is 11.4. The van der Waals surface area contributed by atoms with Crippen molar-refractivity contribution in [1.82, 2.24) is 20.8 Å². The molecule has 1 saturated heterocycles. The van der Waals surface area contributed by atoms with Crippen LogP contribution in [0.2, 0.25) is 0 Å². The van der Waals surface area contributed by atoms with Gasteiger partial charge in [0.1, 0.15) is 12.1 Å². The van der Waals surface area contributed by atoms with Gasteiger partial charge < -0.3 is 25.5 Å². The van der Waals surface area contributed by atoms with Gasteiger partial charge in [0.25, 0.3) is 11.8 Å². The summed E-state index contributed by atoms with van der Waals surface area (Å²) in [5.74, 6) is 0.135. The van der Waals surface area contributed by atoms with Gasteiger partial charge in [0.2, 0.25) is 0 Å². The normalized spacial score (nSPS) is 17.5. The van der Waals surface area contributed by atoms with Crippen LogP contribution in [-0.2, 0) is 16.0 Å². The number of hydrogen-bond donors (Lipinski definition) is 3. The third kappa shape index (κ3) is 5.27. The number of aromatic nitrogens is 2. The highest BCUT2D eigenvalue weighted by molar-refractivity contribution is 7.13. The molecule has 160 valence electrons. The van der Waals surface area contributed by atoms with Gasteiger partial charge in [-0.1, -0.05) is 29.4 Å². The van der Waals surface area contributed by atoms with Gasteiger partial charge in [-0.15, -0.1) is 16.4 Å². The van der Waals surface area contributed by atoms with Crippen LogP contribution in [0, 0.1) is 11.3 Å². The van der Waals surface area contributed by atoms with Gasteiger partial charge in [0.15, 0.2) is 0 Å². The second kappa shape index (κ2) is 9.70. The molecule has 4 N–H and O–H groups in total. The van der Waals surface area contributed by atoms with E-state index in [4.69, 9.17) is 14.9 Å². The summed E-state index contributed by atoms with van der Waals surface area (Å²) in [5.41, 5.74) is 8.48. The molecule has 1 aromatic carbocycles.